The Labute approximate surface area is 301 Å². The van der Waals surface area contributed by atoms with Crippen LogP contribution < -0.4 is 34.0 Å². The van der Waals surface area contributed by atoms with E-state index in [2.05, 4.69) is 54.0 Å². The molecule has 0 aromatic heterocycles. The first kappa shape index (κ1) is 49.2. The van der Waals surface area contributed by atoms with Crippen LogP contribution in [0.25, 0.3) is 0 Å². The molecular formula is C39H85Br2N3. The lowest BCUT2D eigenvalue weighted by atomic mass is 10.0. The average Bonchev–Trinajstić information content (AvgIpc) is 2.96. The molecule has 0 saturated carbocycles. The minimum Gasteiger partial charge on any atom is -1.00 e. The van der Waals surface area contributed by atoms with E-state index >= 15 is 0 Å². The minimum atomic E-state index is 0. The number of unbranched alkanes of at least 4 members (excludes halogenated alkanes) is 24. The van der Waals surface area contributed by atoms with Crippen molar-refractivity contribution in [3.63, 3.8) is 0 Å². The Morgan fingerprint density at radius 3 is 0.750 bits per heavy atom. The van der Waals surface area contributed by atoms with Crippen molar-refractivity contribution in [2.45, 2.75) is 181 Å². The molecule has 0 amide bonds. The second-order valence-corrected chi connectivity index (χ2v) is 15.6. The molecule has 270 valence electrons. The smallest absolute Gasteiger partial charge is 0.0911 e. The first-order valence-corrected chi connectivity index (χ1v) is 19.5. The average molecular weight is 756 g/mol. The van der Waals surface area contributed by atoms with Crippen molar-refractivity contribution in [2.75, 3.05) is 74.5 Å². The van der Waals surface area contributed by atoms with Gasteiger partial charge in [-0.05, 0) is 32.7 Å². The molecule has 0 spiro atoms. The second-order valence-electron chi connectivity index (χ2n) is 15.6. The van der Waals surface area contributed by atoms with Gasteiger partial charge in [-0.25, -0.2) is 0 Å². The van der Waals surface area contributed by atoms with Crippen molar-refractivity contribution >= 4 is 0 Å². The molecule has 0 aliphatic rings. The molecule has 0 aliphatic carbocycles. The Morgan fingerprint density at radius 2 is 0.523 bits per heavy atom. The number of hydrogen-bond acceptors (Lipinski definition) is 1. The van der Waals surface area contributed by atoms with Crippen molar-refractivity contribution in [2.24, 2.45) is 0 Å². The molecule has 0 radical (unpaired) electrons. The van der Waals surface area contributed by atoms with Crippen LogP contribution in [-0.2, 0) is 0 Å². The van der Waals surface area contributed by atoms with Gasteiger partial charge in [0.05, 0.1) is 54.4 Å². The summed E-state index contributed by atoms with van der Waals surface area (Å²) >= 11 is 0. The molecule has 44 heavy (non-hydrogen) atoms. The van der Waals surface area contributed by atoms with Crippen LogP contribution in [0.2, 0.25) is 0 Å². The predicted octanol–water partition coefficient (Wildman–Crippen LogP) is 5.26. The third-order valence-corrected chi connectivity index (χ3v) is 9.91. The maximum atomic E-state index is 2.59. The van der Waals surface area contributed by atoms with Crippen LogP contribution >= 0.6 is 0 Å². The van der Waals surface area contributed by atoms with Gasteiger partial charge >= 0.3 is 0 Å². The van der Waals surface area contributed by atoms with Gasteiger partial charge in [-0.1, -0.05) is 155 Å². The third kappa shape index (κ3) is 37.3. The van der Waals surface area contributed by atoms with Gasteiger partial charge in [0, 0.05) is 13.1 Å². The number of likely N-dealkylation sites (N-methyl/N-ethyl adjacent to an activating group) is 3. The molecule has 0 rings (SSSR count). The van der Waals surface area contributed by atoms with E-state index < -0.39 is 0 Å². The van der Waals surface area contributed by atoms with E-state index in [4.69, 9.17) is 0 Å². The van der Waals surface area contributed by atoms with Gasteiger partial charge < -0.3 is 42.9 Å². The maximum Gasteiger partial charge on any atom is 0.0911 e. The number of quaternary nitrogens is 2. The standard InChI is InChI=1S/C39H85N3.2BrH/c1-8-10-12-14-16-18-20-22-24-26-28-30-32-36-41(4,5)38-34-40(3)35-39-42(6,7)37-33-31-29-27-25-23-21-19-17-15-13-11-9-2;;/h8-39H2,1-7H3;2*1H/q+2;;/p-2. The number of hydrogen-bond donors (Lipinski definition) is 0. The summed E-state index contributed by atoms with van der Waals surface area (Å²) in [5, 5.41) is 0. The lowest BCUT2D eigenvalue weighted by Crippen LogP contribution is -3.00. The highest BCUT2D eigenvalue weighted by molar-refractivity contribution is 4.54. The molecule has 0 fully saturated rings. The summed E-state index contributed by atoms with van der Waals surface area (Å²) in [5.74, 6) is 0. The molecule has 0 aliphatic heterocycles. The Morgan fingerprint density at radius 1 is 0.318 bits per heavy atom. The van der Waals surface area contributed by atoms with Crippen molar-refractivity contribution in [1.82, 2.24) is 4.90 Å². The molecule has 0 N–H and O–H groups in total. The van der Waals surface area contributed by atoms with Gasteiger partial charge in [-0.15, -0.1) is 0 Å². The minimum absolute atomic E-state index is 0. The molecule has 0 aromatic rings. The second kappa shape index (κ2) is 35.2. The summed E-state index contributed by atoms with van der Waals surface area (Å²) in [4.78, 5) is 2.59. The summed E-state index contributed by atoms with van der Waals surface area (Å²) in [6.45, 7) is 12.3. The van der Waals surface area contributed by atoms with Crippen LogP contribution in [0.15, 0.2) is 0 Å². The number of rotatable bonds is 34. The van der Waals surface area contributed by atoms with Gasteiger partial charge in [0.15, 0.2) is 0 Å². The van der Waals surface area contributed by atoms with E-state index in [-0.39, 0.29) is 34.0 Å². The molecule has 0 bridgehead atoms. The van der Waals surface area contributed by atoms with Crippen molar-refractivity contribution < 1.29 is 42.9 Å². The molecule has 0 aromatic carbocycles. The maximum absolute atomic E-state index is 2.59. The molecular weight excluding hydrogens is 670 g/mol. The largest absolute Gasteiger partial charge is 1.00 e. The lowest BCUT2D eigenvalue weighted by molar-refractivity contribution is -0.892. The fourth-order valence-corrected chi connectivity index (χ4v) is 6.33. The summed E-state index contributed by atoms with van der Waals surface area (Å²) in [6.07, 6.45) is 37.6. The van der Waals surface area contributed by atoms with Crippen LogP contribution in [0.3, 0.4) is 0 Å². The van der Waals surface area contributed by atoms with E-state index in [1.54, 1.807) is 0 Å². The molecule has 0 unspecified atom stereocenters. The molecule has 0 saturated heterocycles. The first-order valence-electron chi connectivity index (χ1n) is 19.5. The van der Waals surface area contributed by atoms with E-state index in [9.17, 15) is 0 Å². The van der Waals surface area contributed by atoms with Crippen molar-refractivity contribution in [1.29, 1.82) is 0 Å². The Balaban J connectivity index is -0.00000840. The zero-order valence-corrected chi connectivity index (χ0v) is 34.9. The number of nitrogens with zero attached hydrogens (tertiary/aromatic N) is 3. The third-order valence-electron chi connectivity index (χ3n) is 9.91. The zero-order valence-electron chi connectivity index (χ0n) is 31.7. The fraction of sp³-hybridized carbons (Fsp3) is 1.00. The number of halogens is 2. The van der Waals surface area contributed by atoms with Crippen LogP contribution in [0, 0.1) is 0 Å². The molecule has 3 nitrogen and oxygen atoms in total. The van der Waals surface area contributed by atoms with Crippen LogP contribution in [0.4, 0.5) is 0 Å². The van der Waals surface area contributed by atoms with E-state index in [0.29, 0.717) is 0 Å². The van der Waals surface area contributed by atoms with Crippen LogP contribution in [-0.4, -0.2) is 88.4 Å². The van der Waals surface area contributed by atoms with Gasteiger partial charge in [-0.2, -0.15) is 0 Å². The summed E-state index contributed by atoms with van der Waals surface area (Å²) in [5.41, 5.74) is 0. The van der Waals surface area contributed by atoms with E-state index in [1.165, 1.54) is 215 Å². The fourth-order valence-electron chi connectivity index (χ4n) is 6.33. The monoisotopic (exact) mass is 754 g/mol. The van der Waals surface area contributed by atoms with Crippen LogP contribution in [0.5, 0.6) is 0 Å². The van der Waals surface area contributed by atoms with Gasteiger partial charge in [0.1, 0.15) is 0 Å². The molecule has 0 heterocycles. The molecule has 0 atom stereocenters. The highest BCUT2D eigenvalue weighted by Crippen LogP contribution is 2.15. The summed E-state index contributed by atoms with van der Waals surface area (Å²) in [6, 6.07) is 0. The van der Waals surface area contributed by atoms with Crippen molar-refractivity contribution in [3.05, 3.63) is 0 Å². The van der Waals surface area contributed by atoms with Gasteiger partial charge in [0.2, 0.25) is 0 Å². The SMILES string of the molecule is CCCCCCCCCCCCCCC[N+](C)(C)CCN(C)CC[N+](C)(C)CCCCCCCCCCCCCCC.[Br-].[Br-]. The quantitative estimate of drug-likeness (QED) is 0.0641. The Kier molecular flexibility index (Phi) is 39.3. The van der Waals surface area contributed by atoms with E-state index in [0.717, 1.165) is 0 Å². The van der Waals surface area contributed by atoms with E-state index in [1.807, 2.05) is 0 Å². The summed E-state index contributed by atoms with van der Waals surface area (Å²) < 4.78 is 2.36. The van der Waals surface area contributed by atoms with Gasteiger partial charge in [0.25, 0.3) is 0 Å². The Hall–Kier alpha value is 0.840. The van der Waals surface area contributed by atoms with Crippen molar-refractivity contribution in [3.8, 4) is 0 Å². The van der Waals surface area contributed by atoms with Gasteiger partial charge in [-0.3, -0.25) is 4.90 Å². The predicted molar refractivity (Wildman–Crippen MR) is 193 cm³/mol. The Bertz CT molecular complexity index is 495. The lowest BCUT2D eigenvalue weighted by Gasteiger charge is -2.34. The molecule has 5 heteroatoms. The first-order chi connectivity index (χ1) is 20.2. The highest BCUT2D eigenvalue weighted by atomic mass is 79.9. The topological polar surface area (TPSA) is 3.24 Å². The highest BCUT2D eigenvalue weighted by Gasteiger charge is 2.18. The van der Waals surface area contributed by atoms with Crippen LogP contribution in [0.1, 0.15) is 181 Å². The normalized spacial score (nSPS) is 12.0. The summed E-state index contributed by atoms with van der Waals surface area (Å²) in [7, 11) is 12.1. The zero-order chi connectivity index (χ0) is 31.2.